The topological polar surface area (TPSA) is 115 Å². The van der Waals surface area contributed by atoms with Crippen LogP contribution >= 0.6 is 0 Å². The summed E-state index contributed by atoms with van der Waals surface area (Å²) in [6.07, 6.45) is 4.63. The van der Waals surface area contributed by atoms with E-state index in [1.54, 1.807) is 13.8 Å². The monoisotopic (exact) mass is 571 g/mol. The molecule has 9 nitrogen and oxygen atoms in total. The summed E-state index contributed by atoms with van der Waals surface area (Å²) >= 11 is 0. The SMILES string of the molecule is CC1=C[C@]23CCCN2CCc2cc4c(cc2[C@@H]3C1OC(=O)C(O)(CCCC(C)(C)O)CC(=O)OCC(C)C)OCO4. The Labute approximate surface area is 242 Å². The third-order valence-electron chi connectivity index (χ3n) is 8.99. The maximum atomic E-state index is 13.9. The minimum absolute atomic E-state index is 0.0285. The largest absolute Gasteiger partial charge is 0.465 e. The Bertz CT molecular complexity index is 1200. The molecule has 0 amide bonds. The van der Waals surface area contributed by atoms with Crippen LogP contribution in [0.4, 0.5) is 0 Å². The summed E-state index contributed by atoms with van der Waals surface area (Å²) in [5, 5.41) is 21.9. The van der Waals surface area contributed by atoms with E-state index in [0.29, 0.717) is 18.6 Å². The highest BCUT2D eigenvalue weighted by Gasteiger charge is 2.57. The van der Waals surface area contributed by atoms with Gasteiger partial charge in [-0.15, -0.1) is 0 Å². The summed E-state index contributed by atoms with van der Waals surface area (Å²) in [4.78, 5) is 29.2. The summed E-state index contributed by atoms with van der Waals surface area (Å²) in [6, 6.07) is 4.09. The van der Waals surface area contributed by atoms with Crippen LogP contribution in [0.25, 0.3) is 0 Å². The number of benzene rings is 1. The van der Waals surface area contributed by atoms with E-state index in [4.69, 9.17) is 18.9 Å². The van der Waals surface area contributed by atoms with Crippen LogP contribution in [-0.2, 0) is 25.5 Å². The second-order valence-electron chi connectivity index (χ2n) is 13.4. The summed E-state index contributed by atoms with van der Waals surface area (Å²) in [5.41, 5.74) is -0.193. The fourth-order valence-electron chi connectivity index (χ4n) is 7.05. The predicted octanol–water partition coefficient (Wildman–Crippen LogP) is 4.02. The van der Waals surface area contributed by atoms with Crippen molar-refractivity contribution in [3.8, 4) is 11.5 Å². The number of ether oxygens (including phenoxy) is 4. The molecule has 226 valence electrons. The fraction of sp³-hybridized carbons (Fsp3) is 0.688. The molecule has 0 saturated carbocycles. The van der Waals surface area contributed by atoms with Gasteiger partial charge in [0.1, 0.15) is 6.10 Å². The Hall–Kier alpha value is -2.62. The van der Waals surface area contributed by atoms with Crippen molar-refractivity contribution in [2.45, 2.75) is 108 Å². The molecule has 1 aromatic carbocycles. The van der Waals surface area contributed by atoms with Gasteiger partial charge < -0.3 is 29.2 Å². The number of hydrogen-bond donors (Lipinski definition) is 2. The molecule has 0 aromatic heterocycles. The number of carbonyl (C=O) groups excluding carboxylic acids is 2. The second-order valence-corrected chi connectivity index (χ2v) is 13.4. The van der Waals surface area contributed by atoms with Crippen molar-refractivity contribution < 1.29 is 38.7 Å². The third-order valence-corrected chi connectivity index (χ3v) is 8.99. The van der Waals surface area contributed by atoms with Crippen molar-refractivity contribution in [3.05, 3.63) is 34.9 Å². The van der Waals surface area contributed by atoms with Gasteiger partial charge in [-0.3, -0.25) is 9.69 Å². The molecule has 4 atom stereocenters. The molecular formula is C32H45NO8. The second kappa shape index (κ2) is 11.2. The van der Waals surface area contributed by atoms with E-state index in [1.165, 1.54) is 0 Å². The van der Waals surface area contributed by atoms with Crippen molar-refractivity contribution in [1.82, 2.24) is 4.90 Å². The number of aliphatic hydroxyl groups is 2. The Morgan fingerprint density at radius 3 is 2.59 bits per heavy atom. The number of rotatable bonds is 10. The minimum atomic E-state index is -2.08. The highest BCUT2D eigenvalue weighted by molar-refractivity contribution is 5.86. The van der Waals surface area contributed by atoms with Gasteiger partial charge in [0.15, 0.2) is 17.1 Å². The number of carbonyl (C=O) groups is 2. The van der Waals surface area contributed by atoms with Crippen LogP contribution in [-0.4, -0.2) is 76.4 Å². The highest BCUT2D eigenvalue weighted by Crippen LogP contribution is 2.55. The van der Waals surface area contributed by atoms with Crippen LogP contribution in [0.5, 0.6) is 11.5 Å². The smallest absolute Gasteiger partial charge is 0.339 e. The van der Waals surface area contributed by atoms with E-state index < -0.39 is 35.7 Å². The van der Waals surface area contributed by atoms with Crippen LogP contribution in [0.2, 0.25) is 0 Å². The highest BCUT2D eigenvalue weighted by atomic mass is 16.7. The number of esters is 2. The first-order chi connectivity index (χ1) is 19.3. The zero-order valence-electron chi connectivity index (χ0n) is 25.0. The van der Waals surface area contributed by atoms with Gasteiger partial charge in [-0.1, -0.05) is 19.9 Å². The average Bonchev–Trinajstić information content (AvgIpc) is 3.55. The van der Waals surface area contributed by atoms with Crippen molar-refractivity contribution in [2.24, 2.45) is 5.92 Å². The number of fused-ring (bicyclic) bond motifs is 3. The molecule has 1 fully saturated rings. The molecule has 1 saturated heterocycles. The lowest BCUT2D eigenvalue weighted by molar-refractivity contribution is -0.178. The molecule has 1 aliphatic carbocycles. The molecule has 4 aliphatic rings. The van der Waals surface area contributed by atoms with E-state index in [1.807, 2.05) is 26.8 Å². The first-order valence-electron chi connectivity index (χ1n) is 15.0. The molecule has 41 heavy (non-hydrogen) atoms. The zero-order valence-corrected chi connectivity index (χ0v) is 25.0. The molecule has 0 radical (unpaired) electrons. The lowest BCUT2D eigenvalue weighted by Crippen LogP contribution is -2.49. The third kappa shape index (κ3) is 5.99. The van der Waals surface area contributed by atoms with Gasteiger partial charge in [0.2, 0.25) is 6.79 Å². The van der Waals surface area contributed by atoms with Crippen molar-refractivity contribution in [3.63, 3.8) is 0 Å². The lowest BCUT2D eigenvalue weighted by Gasteiger charge is -2.40. The minimum Gasteiger partial charge on any atom is -0.465 e. The van der Waals surface area contributed by atoms with Crippen LogP contribution < -0.4 is 9.47 Å². The molecular weight excluding hydrogens is 526 g/mol. The molecule has 3 heterocycles. The summed E-state index contributed by atoms with van der Waals surface area (Å²) < 4.78 is 23.0. The van der Waals surface area contributed by atoms with Crippen LogP contribution in [0.1, 0.15) is 90.2 Å². The van der Waals surface area contributed by atoms with Crippen molar-refractivity contribution >= 4 is 11.9 Å². The van der Waals surface area contributed by atoms with Crippen molar-refractivity contribution in [1.29, 1.82) is 0 Å². The van der Waals surface area contributed by atoms with Crippen LogP contribution in [0.15, 0.2) is 23.8 Å². The summed E-state index contributed by atoms with van der Waals surface area (Å²) in [5.74, 6) is -0.119. The molecule has 3 aliphatic heterocycles. The predicted molar refractivity (Wildman–Crippen MR) is 152 cm³/mol. The molecule has 5 rings (SSSR count). The normalized spacial score (nSPS) is 26.5. The molecule has 0 bridgehead atoms. The lowest BCUT2D eigenvalue weighted by atomic mass is 9.77. The Kier molecular flexibility index (Phi) is 8.18. The van der Waals surface area contributed by atoms with Gasteiger partial charge in [0.05, 0.1) is 24.2 Å². The molecule has 2 N–H and O–H groups in total. The van der Waals surface area contributed by atoms with E-state index in [2.05, 4.69) is 17.0 Å². The van der Waals surface area contributed by atoms with E-state index >= 15 is 0 Å². The summed E-state index contributed by atoms with van der Waals surface area (Å²) in [6.45, 7) is 11.4. The van der Waals surface area contributed by atoms with E-state index in [9.17, 15) is 19.8 Å². The summed E-state index contributed by atoms with van der Waals surface area (Å²) in [7, 11) is 0. The standard InChI is InChI=1S/C32H45NO8/c1-20(2)18-38-26(34)17-32(37,11-6-9-30(4,5)36)29(35)41-28-21(3)16-31-10-7-12-33(31)13-8-22-14-24-25(40-19-39-24)15-23(22)27(28)31/h14-16,20,27-28,36-37H,6-13,17-19H2,1-5H3/t27-,28?,31+,32?/m1/s1. The first kappa shape index (κ1) is 29.9. The van der Waals surface area contributed by atoms with Gasteiger partial charge in [-0.2, -0.15) is 0 Å². The fourth-order valence-corrected chi connectivity index (χ4v) is 7.05. The van der Waals surface area contributed by atoms with Gasteiger partial charge in [-0.25, -0.2) is 4.79 Å². The molecule has 1 aromatic rings. The Balaban J connectivity index is 1.45. The van der Waals surface area contributed by atoms with Gasteiger partial charge in [-0.05, 0) is 101 Å². The molecule has 2 unspecified atom stereocenters. The molecule has 9 heteroatoms. The van der Waals surface area contributed by atoms with Crippen LogP contribution in [0, 0.1) is 5.92 Å². The van der Waals surface area contributed by atoms with Gasteiger partial charge in [0.25, 0.3) is 0 Å². The first-order valence-corrected chi connectivity index (χ1v) is 15.0. The van der Waals surface area contributed by atoms with Gasteiger partial charge in [0, 0.05) is 12.5 Å². The van der Waals surface area contributed by atoms with E-state index in [-0.39, 0.29) is 37.2 Å². The Morgan fingerprint density at radius 2 is 1.88 bits per heavy atom. The van der Waals surface area contributed by atoms with Crippen LogP contribution in [0.3, 0.4) is 0 Å². The maximum Gasteiger partial charge on any atom is 0.339 e. The quantitative estimate of drug-likeness (QED) is 0.317. The Morgan fingerprint density at radius 1 is 1.15 bits per heavy atom. The average molecular weight is 572 g/mol. The number of hydrogen-bond acceptors (Lipinski definition) is 9. The zero-order chi connectivity index (χ0) is 29.6. The molecule has 1 spiro atoms. The maximum absolute atomic E-state index is 13.9. The van der Waals surface area contributed by atoms with Crippen molar-refractivity contribution in [2.75, 3.05) is 26.5 Å². The van der Waals surface area contributed by atoms with E-state index in [0.717, 1.165) is 54.8 Å². The number of nitrogens with zero attached hydrogens (tertiary/aromatic N) is 1. The van der Waals surface area contributed by atoms with Gasteiger partial charge >= 0.3 is 11.9 Å².